The quantitative estimate of drug-likeness (QED) is 0.452. The van der Waals surface area contributed by atoms with E-state index in [-0.39, 0.29) is 29.0 Å². The second kappa shape index (κ2) is 10.7. The Morgan fingerprint density at radius 3 is 2.38 bits per heavy atom. The Morgan fingerprint density at radius 1 is 1.06 bits per heavy atom. The maximum atomic E-state index is 13.5. The molecule has 0 unspecified atom stereocenters. The second-order valence-corrected chi connectivity index (χ2v) is 11.2. The molecule has 0 aliphatic carbocycles. The zero-order valence-electron chi connectivity index (χ0n) is 19.1. The van der Waals surface area contributed by atoms with Gasteiger partial charge in [0.25, 0.3) is 5.91 Å². The highest BCUT2D eigenvalue weighted by molar-refractivity contribution is 7.91. The number of rotatable bonds is 8. The van der Waals surface area contributed by atoms with Crippen LogP contribution in [0.5, 0.6) is 0 Å². The molecule has 1 heterocycles. The standard InChI is InChI=1S/C23H29N3O3S2.ClH/c1-6-31(28,29)19-10-7-9-18(15-19)22(27)26(14-8-13-25(4)5)23-24-20-16(2)11-12-17(3)21(20)30-23;/h7,9-12,15H,6,8,13-14H2,1-5H3;1H. The highest BCUT2D eigenvalue weighted by atomic mass is 35.5. The van der Waals surface area contributed by atoms with Crippen LogP contribution in [-0.2, 0) is 9.84 Å². The molecule has 3 rings (SSSR count). The van der Waals surface area contributed by atoms with Crippen molar-refractivity contribution in [2.45, 2.75) is 32.1 Å². The normalized spacial score (nSPS) is 11.6. The van der Waals surface area contributed by atoms with Crippen molar-refractivity contribution in [3.8, 4) is 0 Å². The molecule has 0 radical (unpaired) electrons. The number of aryl methyl sites for hydroxylation is 2. The average Bonchev–Trinajstić information content (AvgIpc) is 3.20. The summed E-state index contributed by atoms with van der Waals surface area (Å²) in [6, 6.07) is 10.4. The van der Waals surface area contributed by atoms with Crippen molar-refractivity contribution >= 4 is 54.8 Å². The van der Waals surface area contributed by atoms with E-state index in [2.05, 4.69) is 11.0 Å². The molecule has 6 nitrogen and oxygen atoms in total. The van der Waals surface area contributed by atoms with E-state index in [0.717, 1.165) is 34.3 Å². The van der Waals surface area contributed by atoms with Gasteiger partial charge in [-0.2, -0.15) is 0 Å². The minimum absolute atomic E-state index is 0. The van der Waals surface area contributed by atoms with Gasteiger partial charge in [-0.05, 0) is 70.2 Å². The van der Waals surface area contributed by atoms with Crippen molar-refractivity contribution < 1.29 is 13.2 Å². The third kappa shape index (κ3) is 5.67. The van der Waals surface area contributed by atoms with E-state index in [4.69, 9.17) is 4.98 Å². The van der Waals surface area contributed by atoms with Crippen molar-refractivity contribution in [3.63, 3.8) is 0 Å². The zero-order valence-corrected chi connectivity index (χ0v) is 21.5. The van der Waals surface area contributed by atoms with Crippen LogP contribution < -0.4 is 4.90 Å². The lowest BCUT2D eigenvalue weighted by atomic mass is 10.1. The Labute approximate surface area is 200 Å². The van der Waals surface area contributed by atoms with Gasteiger partial charge in [0.05, 0.1) is 20.9 Å². The van der Waals surface area contributed by atoms with Crippen molar-refractivity contribution in [3.05, 3.63) is 53.1 Å². The highest BCUT2D eigenvalue weighted by Gasteiger charge is 2.23. The summed E-state index contributed by atoms with van der Waals surface area (Å²) >= 11 is 1.50. The molecular formula is C23H30ClN3O3S2. The summed E-state index contributed by atoms with van der Waals surface area (Å²) in [6.07, 6.45) is 0.777. The summed E-state index contributed by atoms with van der Waals surface area (Å²) in [5, 5.41) is 0.639. The molecule has 0 spiro atoms. The lowest BCUT2D eigenvalue weighted by molar-refractivity contribution is 0.0986. The molecule has 0 saturated heterocycles. The molecule has 2 aromatic carbocycles. The molecule has 1 amide bonds. The Bertz CT molecular complexity index is 1170. The number of hydrogen-bond acceptors (Lipinski definition) is 6. The van der Waals surface area contributed by atoms with Gasteiger partial charge in [-0.15, -0.1) is 12.4 Å². The lowest BCUT2D eigenvalue weighted by Crippen LogP contribution is -2.33. The molecule has 0 aliphatic heterocycles. The van der Waals surface area contributed by atoms with E-state index in [1.165, 1.54) is 23.5 Å². The number of benzene rings is 2. The summed E-state index contributed by atoms with van der Waals surface area (Å²) in [5.41, 5.74) is 3.46. The first-order valence-electron chi connectivity index (χ1n) is 10.3. The van der Waals surface area contributed by atoms with E-state index in [1.807, 2.05) is 34.0 Å². The minimum Gasteiger partial charge on any atom is -0.309 e. The predicted molar refractivity (Wildman–Crippen MR) is 135 cm³/mol. The van der Waals surface area contributed by atoms with Gasteiger partial charge in [-0.3, -0.25) is 9.69 Å². The molecule has 0 saturated carbocycles. The first-order chi connectivity index (χ1) is 14.6. The molecule has 1 aromatic heterocycles. The number of sulfone groups is 1. The van der Waals surface area contributed by atoms with Crippen LogP contribution in [0.3, 0.4) is 0 Å². The van der Waals surface area contributed by atoms with Crippen LogP contribution in [0.1, 0.15) is 34.8 Å². The number of thiazole rings is 1. The Kier molecular flexibility index (Phi) is 8.82. The molecule has 0 aliphatic rings. The van der Waals surface area contributed by atoms with Crippen LogP contribution in [0, 0.1) is 13.8 Å². The summed E-state index contributed by atoms with van der Waals surface area (Å²) in [5.74, 6) is -0.241. The van der Waals surface area contributed by atoms with E-state index < -0.39 is 9.84 Å². The smallest absolute Gasteiger partial charge is 0.260 e. The highest BCUT2D eigenvalue weighted by Crippen LogP contribution is 2.34. The maximum Gasteiger partial charge on any atom is 0.260 e. The summed E-state index contributed by atoms with van der Waals surface area (Å²) in [4.78, 5) is 22.2. The molecule has 0 N–H and O–H groups in total. The van der Waals surface area contributed by atoms with E-state index in [1.54, 1.807) is 24.0 Å². The number of amides is 1. The molecule has 9 heteroatoms. The SMILES string of the molecule is CCS(=O)(=O)c1cccc(C(=O)N(CCCN(C)C)c2nc3c(C)ccc(C)c3s2)c1.Cl. The van der Waals surface area contributed by atoms with Crippen molar-refractivity contribution in [2.75, 3.05) is 37.8 Å². The van der Waals surface area contributed by atoms with Crippen LogP contribution in [0.15, 0.2) is 41.3 Å². The number of aromatic nitrogens is 1. The molecule has 0 atom stereocenters. The van der Waals surface area contributed by atoms with Gasteiger partial charge < -0.3 is 4.90 Å². The molecule has 0 fully saturated rings. The predicted octanol–water partition coefficient (Wildman–Crippen LogP) is 4.73. The zero-order chi connectivity index (χ0) is 22.8. The van der Waals surface area contributed by atoms with Gasteiger partial charge in [0, 0.05) is 12.1 Å². The van der Waals surface area contributed by atoms with E-state index in [0.29, 0.717) is 17.2 Å². The number of nitrogens with zero attached hydrogens (tertiary/aromatic N) is 3. The van der Waals surface area contributed by atoms with Crippen molar-refractivity contribution in [1.29, 1.82) is 0 Å². The van der Waals surface area contributed by atoms with E-state index in [9.17, 15) is 13.2 Å². The van der Waals surface area contributed by atoms with Gasteiger partial charge in [0.2, 0.25) is 0 Å². The van der Waals surface area contributed by atoms with Crippen molar-refractivity contribution in [1.82, 2.24) is 9.88 Å². The molecule has 0 bridgehead atoms. The summed E-state index contributed by atoms with van der Waals surface area (Å²) < 4.78 is 25.7. The fraction of sp³-hybridized carbons (Fsp3) is 0.391. The van der Waals surface area contributed by atoms with Gasteiger partial charge in [-0.1, -0.05) is 36.5 Å². The number of fused-ring (bicyclic) bond motifs is 1. The maximum absolute atomic E-state index is 13.5. The summed E-state index contributed by atoms with van der Waals surface area (Å²) in [6.45, 7) is 6.99. The molecular weight excluding hydrogens is 466 g/mol. The second-order valence-electron chi connectivity index (χ2n) is 7.92. The molecule has 32 heavy (non-hydrogen) atoms. The van der Waals surface area contributed by atoms with Crippen LogP contribution in [0.25, 0.3) is 10.2 Å². The number of carbonyl (C=O) groups is 1. The number of anilines is 1. The van der Waals surface area contributed by atoms with Crippen LogP contribution in [0.2, 0.25) is 0 Å². The van der Waals surface area contributed by atoms with Crippen LogP contribution >= 0.6 is 23.7 Å². The Balaban J connectivity index is 0.00000363. The molecule has 3 aromatic rings. The average molecular weight is 496 g/mol. The molecule has 174 valence electrons. The number of hydrogen-bond donors (Lipinski definition) is 0. The first kappa shape index (κ1) is 26.3. The topological polar surface area (TPSA) is 70.6 Å². The van der Waals surface area contributed by atoms with Gasteiger partial charge in [0.1, 0.15) is 0 Å². The number of carbonyl (C=O) groups excluding carboxylic acids is 1. The third-order valence-electron chi connectivity index (χ3n) is 5.21. The fourth-order valence-electron chi connectivity index (χ4n) is 3.34. The van der Waals surface area contributed by atoms with Crippen LogP contribution in [-0.4, -0.2) is 57.1 Å². The largest absolute Gasteiger partial charge is 0.309 e. The van der Waals surface area contributed by atoms with Gasteiger partial charge >= 0.3 is 0 Å². The minimum atomic E-state index is -3.39. The fourth-order valence-corrected chi connectivity index (χ4v) is 5.40. The van der Waals surface area contributed by atoms with E-state index >= 15 is 0 Å². The van der Waals surface area contributed by atoms with Crippen LogP contribution in [0.4, 0.5) is 5.13 Å². The number of halogens is 1. The van der Waals surface area contributed by atoms with Crippen molar-refractivity contribution in [2.24, 2.45) is 0 Å². The Morgan fingerprint density at radius 2 is 1.75 bits per heavy atom. The summed E-state index contributed by atoms with van der Waals surface area (Å²) in [7, 11) is 0.596. The first-order valence-corrected chi connectivity index (χ1v) is 12.8. The Hall–Kier alpha value is -2.00. The van der Waals surface area contributed by atoms with Gasteiger partial charge in [-0.25, -0.2) is 13.4 Å². The monoisotopic (exact) mass is 495 g/mol. The lowest BCUT2D eigenvalue weighted by Gasteiger charge is -2.21. The third-order valence-corrected chi connectivity index (χ3v) is 8.16. The van der Waals surface area contributed by atoms with Gasteiger partial charge in [0.15, 0.2) is 15.0 Å².